The van der Waals surface area contributed by atoms with Crippen molar-refractivity contribution in [2.24, 2.45) is 5.92 Å². The van der Waals surface area contributed by atoms with Crippen LogP contribution >= 0.6 is 0 Å². The van der Waals surface area contributed by atoms with Gasteiger partial charge in [-0.2, -0.15) is 0 Å². The first-order valence-corrected chi connectivity index (χ1v) is 11.8. The number of rotatable bonds is 5. The van der Waals surface area contributed by atoms with Crippen molar-refractivity contribution in [1.29, 1.82) is 0 Å². The van der Waals surface area contributed by atoms with Crippen molar-refractivity contribution in [1.82, 2.24) is 14.2 Å². The molecule has 1 aromatic heterocycles. The average molecular weight is 430 g/mol. The lowest BCUT2D eigenvalue weighted by molar-refractivity contribution is 0.0758. The number of aromatic nitrogens is 1. The zero-order chi connectivity index (χ0) is 21.1. The van der Waals surface area contributed by atoms with Crippen LogP contribution in [0.1, 0.15) is 28.8 Å². The van der Waals surface area contributed by atoms with Crippen molar-refractivity contribution < 1.29 is 17.9 Å². The quantitative estimate of drug-likeness (QED) is 0.728. The lowest BCUT2D eigenvalue weighted by Crippen LogP contribution is -2.35. The van der Waals surface area contributed by atoms with E-state index in [0.717, 1.165) is 11.3 Å². The van der Waals surface area contributed by atoms with Crippen LogP contribution in [0.15, 0.2) is 48.8 Å². The lowest BCUT2D eigenvalue weighted by Gasteiger charge is -2.22. The molecule has 30 heavy (non-hydrogen) atoms. The molecule has 2 aromatic rings. The van der Waals surface area contributed by atoms with E-state index in [9.17, 15) is 13.2 Å². The van der Waals surface area contributed by atoms with E-state index in [1.54, 1.807) is 40.8 Å². The molecule has 8 heteroatoms. The number of hydrogen-bond donors (Lipinski definition) is 0. The Labute approximate surface area is 177 Å². The molecule has 2 saturated heterocycles. The van der Waals surface area contributed by atoms with E-state index in [-0.39, 0.29) is 11.8 Å². The normalized spacial score (nSPS) is 23.6. The predicted octanol–water partition coefficient (Wildman–Crippen LogP) is 2.20. The molecule has 7 nitrogen and oxygen atoms in total. The van der Waals surface area contributed by atoms with Gasteiger partial charge in [-0.1, -0.05) is 12.1 Å². The van der Waals surface area contributed by atoms with Gasteiger partial charge in [-0.25, -0.2) is 12.7 Å². The summed E-state index contributed by atoms with van der Waals surface area (Å²) in [7, 11) is -1.72. The van der Waals surface area contributed by atoms with E-state index in [1.807, 2.05) is 24.3 Å². The number of nitrogens with zero attached hydrogens (tertiary/aromatic N) is 3. The van der Waals surface area contributed by atoms with Crippen LogP contribution in [-0.2, 0) is 16.4 Å². The van der Waals surface area contributed by atoms with Gasteiger partial charge in [-0.15, -0.1) is 0 Å². The van der Waals surface area contributed by atoms with E-state index in [4.69, 9.17) is 4.74 Å². The van der Waals surface area contributed by atoms with E-state index < -0.39 is 15.3 Å². The summed E-state index contributed by atoms with van der Waals surface area (Å²) in [4.78, 5) is 18.5. The third kappa shape index (κ3) is 4.20. The smallest absolute Gasteiger partial charge is 0.255 e. The van der Waals surface area contributed by atoms with Crippen LogP contribution in [-0.4, -0.2) is 67.1 Å². The number of likely N-dealkylation sites (tertiary alicyclic amines) is 1. The Bertz CT molecular complexity index is 979. The Morgan fingerprint density at radius 1 is 1.17 bits per heavy atom. The van der Waals surface area contributed by atoms with Crippen LogP contribution in [0.25, 0.3) is 0 Å². The second kappa shape index (κ2) is 8.73. The molecule has 2 aliphatic rings. The average Bonchev–Trinajstić information content (AvgIpc) is 2.90. The van der Waals surface area contributed by atoms with Gasteiger partial charge in [0.05, 0.1) is 17.9 Å². The van der Waals surface area contributed by atoms with Gasteiger partial charge >= 0.3 is 0 Å². The van der Waals surface area contributed by atoms with Gasteiger partial charge in [0.1, 0.15) is 5.75 Å². The summed E-state index contributed by atoms with van der Waals surface area (Å²) < 4.78 is 33.1. The Balaban J connectivity index is 1.38. The minimum atomic E-state index is -3.35. The summed E-state index contributed by atoms with van der Waals surface area (Å²) >= 11 is 0. The molecular weight excluding hydrogens is 402 g/mol. The number of carbonyl (C=O) groups is 1. The minimum Gasteiger partial charge on any atom is -0.497 e. The van der Waals surface area contributed by atoms with Gasteiger partial charge in [0.25, 0.3) is 5.91 Å². The molecule has 4 rings (SSSR count). The Kier molecular flexibility index (Phi) is 6.06. The fourth-order valence-electron chi connectivity index (χ4n) is 4.44. The van der Waals surface area contributed by atoms with Crippen molar-refractivity contribution in [2.75, 3.05) is 33.3 Å². The second-order valence-corrected chi connectivity index (χ2v) is 10.1. The Hall–Kier alpha value is -2.45. The van der Waals surface area contributed by atoms with Crippen LogP contribution in [0.5, 0.6) is 5.75 Å². The van der Waals surface area contributed by atoms with Crippen LogP contribution in [0.4, 0.5) is 0 Å². The molecule has 0 bridgehead atoms. The number of hydrogen-bond acceptors (Lipinski definition) is 5. The van der Waals surface area contributed by atoms with Crippen LogP contribution in [0.3, 0.4) is 0 Å². The molecule has 0 N–H and O–H groups in total. The van der Waals surface area contributed by atoms with Crippen molar-refractivity contribution in [3.63, 3.8) is 0 Å². The van der Waals surface area contributed by atoms with E-state index in [0.29, 0.717) is 51.0 Å². The van der Waals surface area contributed by atoms with Crippen LogP contribution < -0.4 is 4.74 Å². The van der Waals surface area contributed by atoms with Gasteiger partial charge in [0.15, 0.2) is 0 Å². The SMILES string of the molecule is COc1ccc(CCN2C[C@@H]3CCN(C(=O)c4cccnc4)CC[C@@H]3S2(=O)=O)cc1. The highest BCUT2D eigenvalue weighted by molar-refractivity contribution is 7.90. The van der Waals surface area contributed by atoms with Crippen molar-refractivity contribution in [3.8, 4) is 5.75 Å². The maximum absolute atomic E-state index is 13.1. The molecule has 0 saturated carbocycles. The van der Waals surface area contributed by atoms with E-state index >= 15 is 0 Å². The summed E-state index contributed by atoms with van der Waals surface area (Å²) in [6.07, 6.45) is 5.06. The van der Waals surface area contributed by atoms with Gasteiger partial charge in [-0.3, -0.25) is 9.78 Å². The van der Waals surface area contributed by atoms with Gasteiger partial charge in [-0.05, 0) is 55.0 Å². The number of fused-ring (bicyclic) bond motifs is 1. The lowest BCUT2D eigenvalue weighted by atomic mass is 10.0. The van der Waals surface area contributed by atoms with Crippen molar-refractivity contribution >= 4 is 15.9 Å². The van der Waals surface area contributed by atoms with Gasteiger partial charge < -0.3 is 9.64 Å². The molecule has 2 aliphatic heterocycles. The summed E-state index contributed by atoms with van der Waals surface area (Å²) in [5.41, 5.74) is 1.64. The first-order chi connectivity index (χ1) is 14.5. The molecule has 2 fully saturated rings. The molecule has 0 spiro atoms. The number of amides is 1. The minimum absolute atomic E-state index is 0.0672. The summed E-state index contributed by atoms with van der Waals surface area (Å²) in [6, 6.07) is 11.2. The predicted molar refractivity (Wildman–Crippen MR) is 114 cm³/mol. The number of methoxy groups -OCH3 is 1. The Morgan fingerprint density at radius 2 is 1.93 bits per heavy atom. The fourth-order valence-corrected chi connectivity index (χ4v) is 6.68. The molecule has 1 amide bonds. The second-order valence-electron chi connectivity index (χ2n) is 7.91. The molecular formula is C22H27N3O4S. The maximum Gasteiger partial charge on any atom is 0.255 e. The summed E-state index contributed by atoms with van der Waals surface area (Å²) in [6.45, 7) is 2.06. The first-order valence-electron chi connectivity index (χ1n) is 10.3. The zero-order valence-electron chi connectivity index (χ0n) is 17.1. The molecule has 0 aliphatic carbocycles. The van der Waals surface area contributed by atoms with E-state index in [1.165, 1.54) is 0 Å². The molecule has 1 aromatic carbocycles. The van der Waals surface area contributed by atoms with Crippen LogP contribution in [0.2, 0.25) is 0 Å². The Morgan fingerprint density at radius 3 is 2.63 bits per heavy atom. The molecule has 3 heterocycles. The molecule has 0 unspecified atom stereocenters. The summed E-state index contributed by atoms with van der Waals surface area (Å²) in [5.74, 6) is 0.787. The largest absolute Gasteiger partial charge is 0.497 e. The monoisotopic (exact) mass is 429 g/mol. The van der Waals surface area contributed by atoms with E-state index in [2.05, 4.69) is 4.98 Å². The maximum atomic E-state index is 13.1. The molecule has 2 atom stereocenters. The highest BCUT2D eigenvalue weighted by Gasteiger charge is 2.46. The zero-order valence-corrected chi connectivity index (χ0v) is 17.9. The third-order valence-electron chi connectivity index (χ3n) is 6.16. The third-order valence-corrected chi connectivity index (χ3v) is 8.60. The number of benzene rings is 1. The molecule has 0 radical (unpaired) electrons. The van der Waals surface area contributed by atoms with Gasteiger partial charge in [0, 0.05) is 38.6 Å². The first kappa shape index (κ1) is 20.8. The highest BCUT2D eigenvalue weighted by Crippen LogP contribution is 2.34. The topological polar surface area (TPSA) is 79.8 Å². The van der Waals surface area contributed by atoms with Crippen LogP contribution in [0, 0.1) is 5.92 Å². The van der Waals surface area contributed by atoms with Crippen molar-refractivity contribution in [2.45, 2.75) is 24.5 Å². The highest BCUT2D eigenvalue weighted by atomic mass is 32.2. The standard InChI is InChI=1S/C22H27N3O4S/c1-29-20-6-4-17(5-7-20)8-14-25-16-19-9-12-24(13-10-21(19)30(25,27)28)22(26)18-3-2-11-23-15-18/h2-7,11,15,19,21H,8-10,12-14,16H2,1H3/t19-,21-/m0/s1. The van der Waals surface area contributed by atoms with Crippen molar-refractivity contribution in [3.05, 3.63) is 59.9 Å². The number of carbonyl (C=O) groups excluding carboxylic acids is 1. The summed E-state index contributed by atoms with van der Waals surface area (Å²) in [5, 5.41) is -0.403. The molecule has 160 valence electrons. The fraction of sp³-hybridized carbons (Fsp3) is 0.455. The number of pyridine rings is 1. The van der Waals surface area contributed by atoms with Gasteiger partial charge in [0.2, 0.25) is 10.0 Å². The number of sulfonamides is 1. The number of ether oxygens (including phenoxy) is 1.